The highest BCUT2D eigenvalue weighted by molar-refractivity contribution is 5.80. The summed E-state index contributed by atoms with van der Waals surface area (Å²) in [5.41, 5.74) is 0. The van der Waals surface area contributed by atoms with E-state index >= 15 is 0 Å². The molecule has 0 bridgehead atoms. The Balaban J connectivity index is 1.86. The molecule has 0 fully saturated rings. The van der Waals surface area contributed by atoms with Crippen LogP contribution < -0.4 is 0 Å². The summed E-state index contributed by atoms with van der Waals surface area (Å²) in [7, 11) is 0. The van der Waals surface area contributed by atoms with Gasteiger partial charge in [0.2, 0.25) is 0 Å². The second-order valence-corrected chi connectivity index (χ2v) is 5.03. The molecule has 17 heavy (non-hydrogen) atoms. The first-order valence-electron chi connectivity index (χ1n) is 7.34. The van der Waals surface area contributed by atoms with E-state index in [1.165, 1.54) is 51.4 Å². The Kier molecular flexibility index (Phi) is 8.12. The lowest BCUT2D eigenvalue weighted by Crippen LogP contribution is -2.11. The molecule has 1 radical (unpaired) electrons. The van der Waals surface area contributed by atoms with Gasteiger partial charge in [-0.25, -0.2) is 0 Å². The lowest BCUT2D eigenvalue weighted by atomic mass is 10.0. The molecule has 1 unspecified atom stereocenters. The largest absolute Gasteiger partial charge is 0.479 e. The van der Waals surface area contributed by atoms with Crippen LogP contribution in [0, 0.1) is 12.8 Å². The summed E-state index contributed by atoms with van der Waals surface area (Å²) in [5.74, 6) is 1.19. The lowest BCUT2D eigenvalue weighted by Gasteiger charge is -2.10. The van der Waals surface area contributed by atoms with Gasteiger partial charge in [-0.05, 0) is 13.3 Å². The Morgan fingerprint density at radius 2 is 1.76 bits per heavy atom. The van der Waals surface area contributed by atoms with Gasteiger partial charge in [0.25, 0.3) is 0 Å². The van der Waals surface area contributed by atoms with Crippen LogP contribution in [-0.2, 0) is 4.74 Å². The smallest absolute Gasteiger partial charge is 0.186 e. The van der Waals surface area contributed by atoms with Crippen LogP contribution in [0.2, 0.25) is 0 Å². The van der Waals surface area contributed by atoms with Crippen molar-refractivity contribution in [2.45, 2.75) is 64.7 Å². The number of unbranched alkanes of at least 4 members (excludes halogenated alkanes) is 7. The van der Waals surface area contributed by atoms with Crippen LogP contribution in [0.25, 0.3) is 0 Å². The van der Waals surface area contributed by atoms with E-state index in [2.05, 4.69) is 18.8 Å². The van der Waals surface area contributed by atoms with Crippen LogP contribution in [0.3, 0.4) is 0 Å². The van der Waals surface area contributed by atoms with E-state index < -0.39 is 0 Å². The maximum Gasteiger partial charge on any atom is 0.186 e. The summed E-state index contributed by atoms with van der Waals surface area (Å²) in [6.45, 7) is 7.98. The van der Waals surface area contributed by atoms with Crippen molar-refractivity contribution in [3.63, 3.8) is 0 Å². The molecule has 2 nitrogen and oxygen atoms in total. The minimum atomic E-state index is 0.289. The molecule has 0 aromatic rings. The van der Waals surface area contributed by atoms with Crippen LogP contribution in [0.5, 0.6) is 0 Å². The Morgan fingerprint density at radius 1 is 1.12 bits per heavy atom. The molecule has 0 aliphatic carbocycles. The van der Waals surface area contributed by atoms with Gasteiger partial charge in [-0.3, -0.25) is 4.99 Å². The zero-order valence-electron chi connectivity index (χ0n) is 11.4. The second kappa shape index (κ2) is 9.49. The van der Waals surface area contributed by atoms with E-state index in [9.17, 15) is 0 Å². The molecule has 0 N–H and O–H groups in total. The van der Waals surface area contributed by atoms with Gasteiger partial charge < -0.3 is 4.74 Å². The van der Waals surface area contributed by atoms with E-state index in [0.717, 1.165) is 25.5 Å². The van der Waals surface area contributed by atoms with Crippen LogP contribution in [-0.4, -0.2) is 19.0 Å². The van der Waals surface area contributed by atoms with Crippen molar-refractivity contribution >= 4 is 5.90 Å². The Bertz CT molecular complexity index is 213. The molecule has 0 amide bonds. The second-order valence-electron chi connectivity index (χ2n) is 5.03. The monoisotopic (exact) mass is 238 g/mol. The van der Waals surface area contributed by atoms with Crippen molar-refractivity contribution < 1.29 is 4.74 Å². The molecule has 0 aromatic heterocycles. The summed E-state index contributed by atoms with van der Waals surface area (Å²) in [6, 6.07) is 0. The van der Waals surface area contributed by atoms with E-state index in [0.29, 0.717) is 0 Å². The number of rotatable bonds is 10. The molecule has 2 heteroatoms. The van der Waals surface area contributed by atoms with E-state index in [-0.39, 0.29) is 5.92 Å². The summed E-state index contributed by atoms with van der Waals surface area (Å²) in [5, 5.41) is 0. The van der Waals surface area contributed by atoms with Gasteiger partial charge in [0.05, 0.1) is 6.54 Å². The first-order chi connectivity index (χ1) is 8.34. The summed E-state index contributed by atoms with van der Waals surface area (Å²) in [6.07, 6.45) is 12.1. The lowest BCUT2D eigenvalue weighted by molar-refractivity contribution is 0.325. The highest BCUT2D eigenvalue weighted by Crippen LogP contribution is 2.15. The van der Waals surface area contributed by atoms with Crippen LogP contribution in [0.4, 0.5) is 0 Å². The minimum Gasteiger partial charge on any atom is -0.479 e. The standard InChI is InChI=1S/C15H28NO/c1-3-4-5-6-7-8-9-10-11-14(2)15-16-12-13-17-15/h14H,2-13H2,1H3. The number of aliphatic imine (C=N–C) groups is 1. The predicted octanol–water partition coefficient (Wildman–Crippen LogP) is 4.40. The van der Waals surface area contributed by atoms with Gasteiger partial charge in [-0.2, -0.15) is 0 Å². The fraction of sp³-hybridized carbons (Fsp3) is 0.867. The van der Waals surface area contributed by atoms with Crippen LogP contribution >= 0.6 is 0 Å². The fourth-order valence-corrected chi connectivity index (χ4v) is 2.25. The van der Waals surface area contributed by atoms with Crippen molar-refractivity contribution in [2.75, 3.05) is 13.2 Å². The van der Waals surface area contributed by atoms with Crippen LogP contribution in [0.15, 0.2) is 4.99 Å². The number of ether oxygens (including phenoxy) is 1. The molecule has 1 aliphatic rings. The van der Waals surface area contributed by atoms with Crippen molar-refractivity contribution in [3.05, 3.63) is 6.92 Å². The number of hydrogen-bond acceptors (Lipinski definition) is 2. The Labute approximate surface area is 107 Å². The van der Waals surface area contributed by atoms with Gasteiger partial charge in [0.1, 0.15) is 6.61 Å². The average molecular weight is 238 g/mol. The van der Waals surface area contributed by atoms with Gasteiger partial charge in [0.15, 0.2) is 5.90 Å². The topological polar surface area (TPSA) is 21.6 Å². The SMILES string of the molecule is [CH2]C(CCCCCCCCCC)C1=NCCO1. The zero-order valence-corrected chi connectivity index (χ0v) is 11.4. The average Bonchev–Trinajstić information content (AvgIpc) is 2.86. The quantitative estimate of drug-likeness (QED) is 0.517. The van der Waals surface area contributed by atoms with Crippen molar-refractivity contribution in [1.29, 1.82) is 0 Å². The minimum absolute atomic E-state index is 0.289. The number of nitrogens with zero attached hydrogens (tertiary/aromatic N) is 1. The van der Waals surface area contributed by atoms with E-state index in [1.54, 1.807) is 0 Å². The third kappa shape index (κ3) is 6.70. The van der Waals surface area contributed by atoms with Crippen molar-refractivity contribution in [2.24, 2.45) is 10.9 Å². The van der Waals surface area contributed by atoms with Gasteiger partial charge in [0, 0.05) is 5.92 Å². The molecule has 1 rings (SSSR count). The first-order valence-corrected chi connectivity index (χ1v) is 7.34. The van der Waals surface area contributed by atoms with Crippen molar-refractivity contribution in [1.82, 2.24) is 0 Å². The van der Waals surface area contributed by atoms with E-state index in [4.69, 9.17) is 4.74 Å². The molecular formula is C15H28NO. The first kappa shape index (κ1) is 14.5. The maximum atomic E-state index is 5.42. The third-order valence-corrected chi connectivity index (χ3v) is 3.36. The Morgan fingerprint density at radius 3 is 2.35 bits per heavy atom. The van der Waals surface area contributed by atoms with Gasteiger partial charge >= 0.3 is 0 Å². The summed E-state index contributed by atoms with van der Waals surface area (Å²) >= 11 is 0. The molecule has 1 heterocycles. The zero-order chi connectivity index (χ0) is 12.3. The molecule has 1 aliphatic heterocycles. The third-order valence-electron chi connectivity index (χ3n) is 3.36. The highest BCUT2D eigenvalue weighted by atomic mass is 16.5. The van der Waals surface area contributed by atoms with E-state index in [1.807, 2.05) is 0 Å². The van der Waals surface area contributed by atoms with Crippen molar-refractivity contribution in [3.8, 4) is 0 Å². The normalized spacial score (nSPS) is 16.7. The Hall–Kier alpha value is -0.530. The molecule has 1 atom stereocenters. The molecule has 0 saturated heterocycles. The van der Waals surface area contributed by atoms with Gasteiger partial charge in [-0.1, -0.05) is 58.3 Å². The summed E-state index contributed by atoms with van der Waals surface area (Å²) in [4.78, 5) is 4.32. The molecule has 0 aromatic carbocycles. The molecule has 0 saturated carbocycles. The molecule has 99 valence electrons. The van der Waals surface area contributed by atoms with Gasteiger partial charge in [-0.15, -0.1) is 0 Å². The summed E-state index contributed by atoms with van der Waals surface area (Å²) < 4.78 is 5.42. The number of hydrogen-bond donors (Lipinski definition) is 0. The maximum absolute atomic E-state index is 5.42. The van der Waals surface area contributed by atoms with Crippen LogP contribution in [0.1, 0.15) is 64.7 Å². The highest BCUT2D eigenvalue weighted by Gasteiger charge is 2.15. The predicted molar refractivity (Wildman–Crippen MR) is 74.3 cm³/mol. The fourth-order valence-electron chi connectivity index (χ4n) is 2.25. The molecule has 0 spiro atoms. The molecular weight excluding hydrogens is 210 g/mol.